The molecule has 0 saturated carbocycles. The van der Waals surface area contributed by atoms with Gasteiger partial charge in [-0.3, -0.25) is 0 Å². The number of benzene rings is 1. The normalized spacial score (nSPS) is 10.4. The van der Waals surface area contributed by atoms with Gasteiger partial charge in [0.05, 0.1) is 10.6 Å². The summed E-state index contributed by atoms with van der Waals surface area (Å²) >= 11 is 11.9. The standard InChI is InChI=1S/C13H14Cl2N4O/c1-2-3-9-12(19-16)17-7-18-13(9)20-11-5-4-8(14)6-10(11)15/h4-7H,2-3,16H2,1H3,(H,17,18,19). The summed E-state index contributed by atoms with van der Waals surface area (Å²) < 4.78 is 5.75. The van der Waals surface area contributed by atoms with Crippen LogP contribution in [0.4, 0.5) is 5.82 Å². The summed E-state index contributed by atoms with van der Waals surface area (Å²) in [6, 6.07) is 5.00. The Labute approximate surface area is 127 Å². The van der Waals surface area contributed by atoms with Gasteiger partial charge in [0.25, 0.3) is 0 Å². The maximum absolute atomic E-state index is 6.09. The molecule has 5 nitrogen and oxygen atoms in total. The van der Waals surface area contributed by atoms with Crippen LogP contribution in [0.2, 0.25) is 10.0 Å². The quantitative estimate of drug-likeness (QED) is 0.648. The number of anilines is 1. The Kier molecular flexibility index (Phi) is 5.00. The summed E-state index contributed by atoms with van der Waals surface area (Å²) in [6.07, 6.45) is 3.03. The summed E-state index contributed by atoms with van der Waals surface area (Å²) in [4.78, 5) is 8.22. The van der Waals surface area contributed by atoms with Crippen LogP contribution in [0.1, 0.15) is 18.9 Å². The number of ether oxygens (including phenoxy) is 1. The fourth-order valence-corrected chi connectivity index (χ4v) is 2.19. The minimum Gasteiger partial charge on any atom is -0.437 e. The van der Waals surface area contributed by atoms with E-state index >= 15 is 0 Å². The predicted octanol–water partition coefficient (Wildman–Crippen LogP) is 3.81. The van der Waals surface area contributed by atoms with E-state index in [1.54, 1.807) is 18.2 Å². The summed E-state index contributed by atoms with van der Waals surface area (Å²) in [5.74, 6) is 6.91. The molecular weight excluding hydrogens is 299 g/mol. The fourth-order valence-electron chi connectivity index (χ4n) is 1.75. The van der Waals surface area contributed by atoms with Gasteiger partial charge in [0, 0.05) is 5.02 Å². The molecule has 0 radical (unpaired) electrons. The van der Waals surface area contributed by atoms with Crippen molar-refractivity contribution in [3.05, 3.63) is 40.1 Å². The highest BCUT2D eigenvalue weighted by atomic mass is 35.5. The number of nitrogens with zero attached hydrogens (tertiary/aromatic N) is 2. The number of halogens is 2. The van der Waals surface area contributed by atoms with Crippen LogP contribution in [-0.4, -0.2) is 9.97 Å². The molecule has 1 aromatic heterocycles. The van der Waals surface area contributed by atoms with Gasteiger partial charge in [-0.1, -0.05) is 36.5 Å². The maximum Gasteiger partial charge on any atom is 0.227 e. The van der Waals surface area contributed by atoms with E-state index in [1.807, 2.05) is 6.92 Å². The van der Waals surface area contributed by atoms with Crippen molar-refractivity contribution in [2.24, 2.45) is 5.84 Å². The lowest BCUT2D eigenvalue weighted by Crippen LogP contribution is -2.12. The molecule has 0 fully saturated rings. The molecule has 3 N–H and O–H groups in total. The first-order valence-corrected chi connectivity index (χ1v) is 6.84. The lowest BCUT2D eigenvalue weighted by atomic mass is 10.2. The monoisotopic (exact) mass is 312 g/mol. The zero-order valence-electron chi connectivity index (χ0n) is 10.9. The van der Waals surface area contributed by atoms with Crippen molar-refractivity contribution in [3.8, 4) is 11.6 Å². The molecule has 1 aromatic carbocycles. The number of hydrazine groups is 1. The van der Waals surface area contributed by atoms with Crippen LogP contribution in [0.25, 0.3) is 0 Å². The Hall–Kier alpha value is -1.56. The molecule has 1 heterocycles. The highest BCUT2D eigenvalue weighted by Gasteiger charge is 2.13. The highest BCUT2D eigenvalue weighted by molar-refractivity contribution is 6.35. The van der Waals surface area contributed by atoms with E-state index < -0.39 is 0 Å². The molecule has 106 valence electrons. The number of rotatable bonds is 5. The van der Waals surface area contributed by atoms with Crippen LogP contribution in [0.5, 0.6) is 11.6 Å². The van der Waals surface area contributed by atoms with Crippen molar-refractivity contribution in [2.75, 3.05) is 5.43 Å². The smallest absolute Gasteiger partial charge is 0.227 e. The minimum atomic E-state index is 0.417. The molecule has 2 aromatic rings. The molecule has 0 amide bonds. The molecule has 0 aliphatic rings. The van der Waals surface area contributed by atoms with Gasteiger partial charge in [-0.25, -0.2) is 15.8 Å². The summed E-state index contributed by atoms with van der Waals surface area (Å²) in [5, 5.41) is 0.962. The average molecular weight is 313 g/mol. The van der Waals surface area contributed by atoms with Crippen LogP contribution in [0, 0.1) is 0 Å². The van der Waals surface area contributed by atoms with Gasteiger partial charge in [0.2, 0.25) is 5.88 Å². The minimum absolute atomic E-state index is 0.417. The van der Waals surface area contributed by atoms with E-state index in [-0.39, 0.29) is 0 Å². The lowest BCUT2D eigenvalue weighted by Gasteiger charge is -2.13. The number of hydrogen-bond acceptors (Lipinski definition) is 5. The SMILES string of the molecule is CCCc1c(NN)ncnc1Oc1ccc(Cl)cc1Cl. The Morgan fingerprint density at radius 2 is 2.10 bits per heavy atom. The first kappa shape index (κ1) is 14.8. The molecule has 0 saturated heterocycles. The molecule has 2 rings (SSSR count). The molecule has 7 heteroatoms. The third kappa shape index (κ3) is 3.30. The van der Waals surface area contributed by atoms with Crippen LogP contribution in [-0.2, 0) is 6.42 Å². The zero-order chi connectivity index (χ0) is 14.5. The number of aromatic nitrogens is 2. The van der Waals surface area contributed by atoms with E-state index in [9.17, 15) is 0 Å². The van der Waals surface area contributed by atoms with Crippen LogP contribution in [0.3, 0.4) is 0 Å². The Morgan fingerprint density at radius 3 is 2.75 bits per heavy atom. The first-order valence-electron chi connectivity index (χ1n) is 6.09. The molecule has 0 spiro atoms. The molecule has 0 atom stereocenters. The van der Waals surface area contributed by atoms with Gasteiger partial charge in [0.1, 0.15) is 17.9 Å². The van der Waals surface area contributed by atoms with Crippen LogP contribution in [0.15, 0.2) is 24.5 Å². The average Bonchev–Trinajstić information content (AvgIpc) is 2.43. The Morgan fingerprint density at radius 1 is 1.30 bits per heavy atom. The van der Waals surface area contributed by atoms with E-state index in [4.69, 9.17) is 33.8 Å². The van der Waals surface area contributed by atoms with Gasteiger partial charge in [-0.15, -0.1) is 0 Å². The predicted molar refractivity (Wildman–Crippen MR) is 80.4 cm³/mol. The maximum atomic E-state index is 6.09. The van der Waals surface area contributed by atoms with Gasteiger partial charge in [-0.05, 0) is 24.6 Å². The van der Waals surface area contributed by atoms with Crippen LogP contribution < -0.4 is 16.0 Å². The second kappa shape index (κ2) is 6.74. The molecule has 0 aliphatic carbocycles. The van der Waals surface area contributed by atoms with E-state index in [2.05, 4.69) is 15.4 Å². The number of nitrogens with two attached hydrogens (primary N) is 1. The van der Waals surface area contributed by atoms with Crippen molar-refractivity contribution in [1.82, 2.24) is 9.97 Å². The Balaban J connectivity index is 2.37. The number of nitrogens with one attached hydrogen (secondary N) is 1. The summed E-state index contributed by atoms with van der Waals surface area (Å²) in [5.41, 5.74) is 3.35. The van der Waals surface area contributed by atoms with Gasteiger partial charge < -0.3 is 10.2 Å². The van der Waals surface area contributed by atoms with Crippen molar-refractivity contribution in [2.45, 2.75) is 19.8 Å². The third-order valence-corrected chi connectivity index (χ3v) is 3.17. The Bertz CT molecular complexity index is 607. The van der Waals surface area contributed by atoms with Gasteiger partial charge in [0.15, 0.2) is 0 Å². The molecule has 0 bridgehead atoms. The largest absolute Gasteiger partial charge is 0.437 e. The molecular formula is C13H14Cl2N4O. The van der Waals surface area contributed by atoms with Crippen LogP contribution >= 0.6 is 23.2 Å². The van der Waals surface area contributed by atoms with E-state index in [0.717, 1.165) is 18.4 Å². The topological polar surface area (TPSA) is 73.1 Å². The van der Waals surface area contributed by atoms with Gasteiger partial charge in [-0.2, -0.15) is 0 Å². The molecule has 20 heavy (non-hydrogen) atoms. The number of hydrogen-bond donors (Lipinski definition) is 2. The van der Waals surface area contributed by atoms with E-state index in [1.165, 1.54) is 6.33 Å². The summed E-state index contributed by atoms with van der Waals surface area (Å²) in [6.45, 7) is 2.05. The lowest BCUT2D eigenvalue weighted by molar-refractivity contribution is 0.454. The van der Waals surface area contributed by atoms with Crippen molar-refractivity contribution >= 4 is 29.0 Å². The zero-order valence-corrected chi connectivity index (χ0v) is 12.4. The van der Waals surface area contributed by atoms with Crippen molar-refractivity contribution in [3.63, 3.8) is 0 Å². The molecule has 0 aliphatic heterocycles. The third-order valence-electron chi connectivity index (χ3n) is 2.64. The van der Waals surface area contributed by atoms with Gasteiger partial charge >= 0.3 is 0 Å². The summed E-state index contributed by atoms with van der Waals surface area (Å²) in [7, 11) is 0. The second-order valence-corrected chi connectivity index (χ2v) is 4.92. The molecule has 0 unspecified atom stereocenters. The van der Waals surface area contributed by atoms with E-state index in [0.29, 0.717) is 27.5 Å². The fraction of sp³-hybridized carbons (Fsp3) is 0.231. The van der Waals surface area contributed by atoms with Crippen molar-refractivity contribution in [1.29, 1.82) is 0 Å². The first-order chi connectivity index (χ1) is 9.65. The second-order valence-electron chi connectivity index (χ2n) is 4.08. The highest BCUT2D eigenvalue weighted by Crippen LogP contribution is 2.33. The van der Waals surface area contributed by atoms with Crippen molar-refractivity contribution < 1.29 is 4.74 Å². The number of nitrogen functional groups attached to an aromatic ring is 1.